The van der Waals surface area contributed by atoms with Gasteiger partial charge in [-0.1, -0.05) is 84.6 Å². The highest BCUT2D eigenvalue weighted by molar-refractivity contribution is 5.60. The molecule has 172 valence electrons. The van der Waals surface area contributed by atoms with Crippen LogP contribution in [0.15, 0.2) is 42.6 Å². The van der Waals surface area contributed by atoms with Gasteiger partial charge in [0.1, 0.15) is 5.75 Å². The number of hydrogen-bond donors (Lipinski definition) is 0. The molecule has 0 amide bonds. The number of nitrogens with zero attached hydrogens (tertiary/aromatic N) is 1. The van der Waals surface area contributed by atoms with E-state index in [0.29, 0.717) is 0 Å². The van der Waals surface area contributed by atoms with Gasteiger partial charge in [0.05, 0.1) is 12.3 Å². The van der Waals surface area contributed by atoms with E-state index in [-0.39, 0.29) is 0 Å². The van der Waals surface area contributed by atoms with Gasteiger partial charge >= 0.3 is 0 Å². The third kappa shape index (κ3) is 10.8. The zero-order valence-corrected chi connectivity index (χ0v) is 20.4. The van der Waals surface area contributed by atoms with Crippen LogP contribution in [0.4, 0.5) is 0 Å². The molecule has 0 spiro atoms. The zero-order valence-electron chi connectivity index (χ0n) is 20.4. The van der Waals surface area contributed by atoms with E-state index in [4.69, 9.17) is 9.72 Å². The summed E-state index contributed by atoms with van der Waals surface area (Å²) in [7, 11) is 0. The van der Waals surface area contributed by atoms with Crippen LogP contribution in [0.5, 0.6) is 5.75 Å². The molecule has 1 aromatic carbocycles. The van der Waals surface area contributed by atoms with E-state index in [2.05, 4.69) is 63.4 Å². The second-order valence-corrected chi connectivity index (χ2v) is 9.16. The fourth-order valence-corrected chi connectivity index (χ4v) is 3.93. The van der Waals surface area contributed by atoms with Crippen molar-refractivity contribution in [1.29, 1.82) is 0 Å². The molecule has 0 N–H and O–H groups in total. The van der Waals surface area contributed by atoms with Gasteiger partial charge in [-0.2, -0.15) is 0 Å². The Balaban J connectivity index is 1.64. The maximum atomic E-state index is 5.89. The van der Waals surface area contributed by atoms with Gasteiger partial charge in [-0.3, -0.25) is 4.98 Å². The van der Waals surface area contributed by atoms with E-state index < -0.39 is 0 Å². The molecule has 0 aliphatic rings. The molecular formula is C29H45NO. The van der Waals surface area contributed by atoms with Gasteiger partial charge in [-0.15, -0.1) is 0 Å². The Morgan fingerprint density at radius 2 is 1.45 bits per heavy atom. The van der Waals surface area contributed by atoms with E-state index in [1.165, 1.54) is 76.2 Å². The molecule has 0 aliphatic heterocycles. The second kappa shape index (κ2) is 15.9. The molecule has 0 radical (unpaired) electrons. The van der Waals surface area contributed by atoms with Gasteiger partial charge in [-0.25, -0.2) is 0 Å². The molecule has 1 aromatic heterocycles. The lowest BCUT2D eigenvalue weighted by Crippen LogP contribution is -2.00. The molecule has 0 aliphatic carbocycles. The maximum Gasteiger partial charge on any atom is 0.119 e. The molecule has 0 bridgehead atoms. The topological polar surface area (TPSA) is 22.1 Å². The third-order valence-corrected chi connectivity index (χ3v) is 6.35. The van der Waals surface area contributed by atoms with Crippen molar-refractivity contribution in [2.75, 3.05) is 6.61 Å². The minimum Gasteiger partial charge on any atom is -0.494 e. The Kier molecular flexibility index (Phi) is 13.0. The molecular weight excluding hydrogens is 378 g/mol. The lowest BCUT2D eigenvalue weighted by Gasteiger charge is -2.10. The van der Waals surface area contributed by atoms with E-state index in [1.807, 2.05) is 0 Å². The number of aromatic nitrogens is 1. The fourth-order valence-electron chi connectivity index (χ4n) is 3.93. The molecule has 2 heteroatoms. The molecule has 31 heavy (non-hydrogen) atoms. The van der Waals surface area contributed by atoms with Crippen LogP contribution >= 0.6 is 0 Å². The summed E-state index contributed by atoms with van der Waals surface area (Å²) in [6.07, 6.45) is 19.2. The van der Waals surface area contributed by atoms with Crippen molar-refractivity contribution in [3.05, 3.63) is 48.2 Å². The maximum absolute atomic E-state index is 5.89. The van der Waals surface area contributed by atoms with Crippen LogP contribution in [0.3, 0.4) is 0 Å². The Labute approximate surface area is 191 Å². The summed E-state index contributed by atoms with van der Waals surface area (Å²) in [6.45, 7) is 7.64. The highest BCUT2D eigenvalue weighted by Gasteiger charge is 2.03. The summed E-state index contributed by atoms with van der Waals surface area (Å²) < 4.78 is 5.89. The summed E-state index contributed by atoms with van der Waals surface area (Å²) >= 11 is 0. The molecule has 2 aromatic rings. The number of rotatable bonds is 17. The predicted octanol–water partition coefficient (Wildman–Crippen LogP) is 9.03. The van der Waals surface area contributed by atoms with Crippen molar-refractivity contribution < 1.29 is 4.74 Å². The zero-order chi connectivity index (χ0) is 22.2. The minimum atomic E-state index is 0.792. The monoisotopic (exact) mass is 423 g/mol. The smallest absolute Gasteiger partial charge is 0.119 e. The number of ether oxygens (including phenoxy) is 1. The van der Waals surface area contributed by atoms with Crippen molar-refractivity contribution in [3.8, 4) is 17.0 Å². The van der Waals surface area contributed by atoms with Crippen LogP contribution in [0, 0.1) is 5.92 Å². The molecule has 0 saturated heterocycles. The van der Waals surface area contributed by atoms with E-state index in [1.54, 1.807) is 0 Å². The van der Waals surface area contributed by atoms with Crippen molar-refractivity contribution in [1.82, 2.24) is 4.98 Å². The molecule has 2 rings (SSSR count). The molecule has 0 saturated carbocycles. The largest absolute Gasteiger partial charge is 0.494 e. The predicted molar refractivity (Wildman–Crippen MR) is 135 cm³/mol. The number of pyridine rings is 1. The number of hydrogen-bond acceptors (Lipinski definition) is 2. The first-order valence-electron chi connectivity index (χ1n) is 12.9. The van der Waals surface area contributed by atoms with Gasteiger partial charge in [0.15, 0.2) is 0 Å². The minimum absolute atomic E-state index is 0.792. The van der Waals surface area contributed by atoms with Crippen molar-refractivity contribution in [2.45, 2.75) is 104 Å². The van der Waals surface area contributed by atoms with Gasteiger partial charge in [0.25, 0.3) is 0 Å². The normalized spacial score (nSPS) is 12.1. The Bertz CT molecular complexity index is 677. The van der Waals surface area contributed by atoms with Crippen LogP contribution in [-0.4, -0.2) is 11.6 Å². The summed E-state index contributed by atoms with van der Waals surface area (Å²) in [5.41, 5.74) is 3.55. The van der Waals surface area contributed by atoms with Crippen LogP contribution in [-0.2, 0) is 6.42 Å². The number of benzene rings is 1. The quantitative estimate of drug-likeness (QED) is 0.237. The highest BCUT2D eigenvalue weighted by atomic mass is 16.5. The highest BCUT2D eigenvalue weighted by Crippen LogP contribution is 2.22. The lowest BCUT2D eigenvalue weighted by atomic mass is 10.0. The van der Waals surface area contributed by atoms with Crippen molar-refractivity contribution in [3.63, 3.8) is 0 Å². The summed E-state index contributed by atoms with van der Waals surface area (Å²) in [4.78, 5) is 4.70. The van der Waals surface area contributed by atoms with Gasteiger partial charge in [-0.05, 0) is 67.5 Å². The summed E-state index contributed by atoms with van der Waals surface area (Å²) in [6, 6.07) is 12.8. The summed E-state index contributed by atoms with van der Waals surface area (Å²) in [5, 5.41) is 0. The Hall–Kier alpha value is -1.83. The van der Waals surface area contributed by atoms with Crippen LogP contribution in [0.2, 0.25) is 0 Å². The first-order valence-corrected chi connectivity index (χ1v) is 12.9. The molecule has 1 unspecified atom stereocenters. The fraction of sp³-hybridized carbons (Fsp3) is 0.621. The van der Waals surface area contributed by atoms with Gasteiger partial charge < -0.3 is 4.74 Å². The molecule has 1 atom stereocenters. The van der Waals surface area contributed by atoms with Gasteiger partial charge in [0, 0.05) is 11.8 Å². The van der Waals surface area contributed by atoms with E-state index in [9.17, 15) is 0 Å². The first kappa shape index (κ1) is 25.4. The van der Waals surface area contributed by atoms with Crippen LogP contribution in [0.1, 0.15) is 103 Å². The lowest BCUT2D eigenvalue weighted by molar-refractivity contribution is 0.294. The first-order chi connectivity index (χ1) is 15.2. The van der Waals surface area contributed by atoms with E-state index in [0.717, 1.165) is 42.4 Å². The molecule has 1 heterocycles. The third-order valence-electron chi connectivity index (χ3n) is 6.35. The number of aryl methyl sites for hydroxylation is 1. The van der Waals surface area contributed by atoms with Crippen LogP contribution < -0.4 is 4.74 Å². The molecule has 2 nitrogen and oxygen atoms in total. The average Bonchev–Trinajstić information content (AvgIpc) is 2.81. The average molecular weight is 424 g/mol. The second-order valence-electron chi connectivity index (χ2n) is 9.16. The molecule has 0 fully saturated rings. The Morgan fingerprint density at radius 3 is 2.06 bits per heavy atom. The number of unbranched alkanes of at least 4 members (excludes halogenated alkanes) is 8. The summed E-state index contributed by atoms with van der Waals surface area (Å²) in [5.74, 6) is 1.75. The van der Waals surface area contributed by atoms with Crippen molar-refractivity contribution in [2.24, 2.45) is 5.92 Å². The SMILES string of the molecule is CCCCCCCCCCCc1ccc(-c2ccc(OCCCC(C)CC)cc2)nc1. The Morgan fingerprint density at radius 1 is 0.774 bits per heavy atom. The van der Waals surface area contributed by atoms with E-state index >= 15 is 0 Å². The van der Waals surface area contributed by atoms with Crippen LogP contribution in [0.25, 0.3) is 11.3 Å². The standard InChI is InChI=1S/C29H45NO/c1-4-6-7-8-9-10-11-12-13-16-26-17-22-29(30-24-26)27-18-20-28(21-19-27)31-23-14-15-25(3)5-2/h17-22,24-25H,4-16,23H2,1-3H3. The van der Waals surface area contributed by atoms with Gasteiger partial charge in [0.2, 0.25) is 0 Å². The van der Waals surface area contributed by atoms with Crippen molar-refractivity contribution >= 4 is 0 Å².